The molecule has 176 valence electrons. The molecule has 0 aromatic heterocycles. The van der Waals surface area contributed by atoms with E-state index in [1.54, 1.807) is 6.07 Å². The van der Waals surface area contributed by atoms with Crippen molar-refractivity contribution < 1.29 is 20.1 Å². The second-order valence-electron chi connectivity index (χ2n) is 9.43. The molecule has 2 atom stereocenters. The molecule has 0 bridgehead atoms. The van der Waals surface area contributed by atoms with E-state index in [2.05, 4.69) is 18.7 Å². The number of carboxylic acid groups (broad SMARTS) is 1. The van der Waals surface area contributed by atoms with Gasteiger partial charge in [-0.25, -0.2) is 4.79 Å². The van der Waals surface area contributed by atoms with Crippen molar-refractivity contribution in [3.8, 4) is 11.5 Å². The van der Waals surface area contributed by atoms with E-state index in [1.807, 2.05) is 38.1 Å². The number of rotatable bonds is 10. The number of aryl methyl sites for hydroxylation is 2. The van der Waals surface area contributed by atoms with Gasteiger partial charge in [-0.3, -0.25) is 0 Å². The molecule has 4 heteroatoms. The molecule has 3 N–H and O–H groups in total. The Morgan fingerprint density at radius 1 is 1.06 bits per heavy atom. The number of aromatic hydroxyl groups is 2. The Balaban J connectivity index is 1.73. The summed E-state index contributed by atoms with van der Waals surface area (Å²) < 4.78 is 0. The average Bonchev–Trinajstić information content (AvgIpc) is 2.76. The third kappa shape index (κ3) is 6.07. The fraction of sp³-hybridized carbons (Fsp3) is 0.414. The molecule has 0 heterocycles. The Labute approximate surface area is 197 Å². The maximum absolute atomic E-state index is 12.1. The van der Waals surface area contributed by atoms with Crippen LogP contribution in [0.15, 0.2) is 60.2 Å². The molecule has 2 aromatic carbocycles. The van der Waals surface area contributed by atoms with Crippen LogP contribution < -0.4 is 0 Å². The molecular formula is C29H36O4. The minimum Gasteiger partial charge on any atom is -0.507 e. The van der Waals surface area contributed by atoms with Crippen molar-refractivity contribution >= 4 is 5.97 Å². The number of hydrogen-bond donors (Lipinski definition) is 3. The molecule has 0 unspecified atom stereocenters. The number of benzene rings is 2. The van der Waals surface area contributed by atoms with Crippen LogP contribution >= 0.6 is 0 Å². The van der Waals surface area contributed by atoms with Crippen LogP contribution in [0.1, 0.15) is 85.3 Å². The van der Waals surface area contributed by atoms with Crippen molar-refractivity contribution in [3.05, 3.63) is 82.5 Å². The Morgan fingerprint density at radius 3 is 2.36 bits per heavy atom. The highest BCUT2D eigenvalue weighted by molar-refractivity contribution is 5.94. The lowest BCUT2D eigenvalue weighted by atomic mass is 9.73. The first kappa shape index (κ1) is 24.6. The molecule has 4 nitrogen and oxygen atoms in total. The van der Waals surface area contributed by atoms with Crippen LogP contribution in [0.3, 0.4) is 0 Å². The van der Waals surface area contributed by atoms with Gasteiger partial charge in [0.05, 0.1) is 0 Å². The van der Waals surface area contributed by atoms with E-state index in [4.69, 9.17) is 0 Å². The molecule has 0 radical (unpaired) electrons. The van der Waals surface area contributed by atoms with Crippen LogP contribution in [0.5, 0.6) is 11.5 Å². The van der Waals surface area contributed by atoms with E-state index in [1.165, 1.54) is 11.1 Å². The molecular weight excluding hydrogens is 412 g/mol. The van der Waals surface area contributed by atoms with Gasteiger partial charge >= 0.3 is 5.97 Å². The summed E-state index contributed by atoms with van der Waals surface area (Å²) in [4.78, 5) is 12.1. The molecule has 0 saturated heterocycles. The predicted octanol–water partition coefficient (Wildman–Crippen LogP) is 7.16. The zero-order valence-corrected chi connectivity index (χ0v) is 19.8. The lowest BCUT2D eigenvalue weighted by Crippen LogP contribution is -2.18. The summed E-state index contributed by atoms with van der Waals surface area (Å²) in [7, 11) is 0. The summed E-state index contributed by atoms with van der Waals surface area (Å²) in [5.41, 5.74) is 4.20. The quantitative estimate of drug-likeness (QED) is 0.266. The van der Waals surface area contributed by atoms with Gasteiger partial charge < -0.3 is 15.3 Å². The van der Waals surface area contributed by atoms with Gasteiger partial charge in [-0.1, -0.05) is 67.0 Å². The number of aromatic carboxylic acids is 1. The van der Waals surface area contributed by atoms with Gasteiger partial charge in [0.2, 0.25) is 0 Å². The fourth-order valence-electron chi connectivity index (χ4n) is 5.04. The van der Waals surface area contributed by atoms with Crippen LogP contribution in [0.4, 0.5) is 0 Å². The summed E-state index contributed by atoms with van der Waals surface area (Å²) in [6, 6.07) is 11.9. The van der Waals surface area contributed by atoms with Gasteiger partial charge in [0, 0.05) is 11.5 Å². The summed E-state index contributed by atoms with van der Waals surface area (Å²) in [5, 5.41) is 31.8. The number of phenols is 2. The number of carbonyl (C=O) groups is 1. The van der Waals surface area contributed by atoms with E-state index in [0.717, 1.165) is 50.5 Å². The zero-order valence-electron chi connectivity index (χ0n) is 19.8. The second kappa shape index (κ2) is 11.2. The largest absolute Gasteiger partial charge is 0.507 e. The monoisotopic (exact) mass is 448 g/mol. The Hall–Kier alpha value is -3.01. The molecule has 0 spiro atoms. The molecule has 1 aliphatic rings. The SMILES string of the molecule is C=C(C)[C@@H]1CCC(C)=C[C@H]1c1c(O)cc(CCCCCCc2ccccc2)c(C(=O)O)c1O. The van der Waals surface area contributed by atoms with Crippen molar-refractivity contribution in [1.82, 2.24) is 0 Å². The number of carboxylic acids is 1. The Morgan fingerprint density at radius 2 is 1.73 bits per heavy atom. The molecule has 33 heavy (non-hydrogen) atoms. The van der Waals surface area contributed by atoms with Gasteiger partial charge in [0.25, 0.3) is 0 Å². The number of hydrogen-bond acceptors (Lipinski definition) is 3. The van der Waals surface area contributed by atoms with Crippen LogP contribution in [0.25, 0.3) is 0 Å². The van der Waals surface area contributed by atoms with Gasteiger partial charge in [0.15, 0.2) is 0 Å². The lowest BCUT2D eigenvalue weighted by molar-refractivity contribution is 0.0692. The molecule has 2 aromatic rings. The van der Waals surface area contributed by atoms with Gasteiger partial charge in [-0.2, -0.15) is 0 Å². The summed E-state index contributed by atoms with van der Waals surface area (Å²) in [5.74, 6) is -1.71. The summed E-state index contributed by atoms with van der Waals surface area (Å²) >= 11 is 0. The van der Waals surface area contributed by atoms with E-state index >= 15 is 0 Å². The van der Waals surface area contributed by atoms with Gasteiger partial charge in [-0.05, 0) is 75.5 Å². The van der Waals surface area contributed by atoms with E-state index in [-0.39, 0.29) is 28.9 Å². The highest BCUT2D eigenvalue weighted by Gasteiger charge is 2.32. The highest BCUT2D eigenvalue weighted by atomic mass is 16.4. The van der Waals surface area contributed by atoms with Crippen molar-refractivity contribution in [1.29, 1.82) is 0 Å². The first-order valence-electron chi connectivity index (χ1n) is 12.0. The third-order valence-corrected chi connectivity index (χ3v) is 6.83. The average molecular weight is 449 g/mol. The van der Waals surface area contributed by atoms with E-state index < -0.39 is 5.97 Å². The summed E-state index contributed by atoms with van der Waals surface area (Å²) in [6.07, 6.45) is 9.31. The zero-order chi connectivity index (χ0) is 24.0. The minimum atomic E-state index is -1.16. The number of phenolic OH excluding ortho intramolecular Hbond substituents is 1. The predicted molar refractivity (Wildman–Crippen MR) is 133 cm³/mol. The molecule has 3 rings (SSSR count). The Bertz CT molecular complexity index is 1020. The second-order valence-corrected chi connectivity index (χ2v) is 9.43. The normalized spacial score (nSPS) is 18.1. The number of unbranched alkanes of at least 4 members (excludes halogenated alkanes) is 3. The lowest BCUT2D eigenvalue weighted by Gasteiger charge is -2.32. The maximum atomic E-state index is 12.1. The van der Waals surface area contributed by atoms with Crippen LogP contribution in [0.2, 0.25) is 0 Å². The van der Waals surface area contributed by atoms with Crippen molar-refractivity contribution in [2.24, 2.45) is 5.92 Å². The van der Waals surface area contributed by atoms with E-state index in [9.17, 15) is 20.1 Å². The molecule has 0 aliphatic heterocycles. The third-order valence-electron chi connectivity index (χ3n) is 6.83. The molecule has 0 fully saturated rings. The van der Waals surface area contributed by atoms with Gasteiger partial charge in [-0.15, -0.1) is 0 Å². The molecule has 0 amide bonds. The molecule has 0 saturated carbocycles. The van der Waals surface area contributed by atoms with Crippen molar-refractivity contribution in [2.75, 3.05) is 0 Å². The highest BCUT2D eigenvalue weighted by Crippen LogP contribution is 2.48. The van der Waals surface area contributed by atoms with Crippen molar-refractivity contribution in [3.63, 3.8) is 0 Å². The van der Waals surface area contributed by atoms with Gasteiger partial charge in [0.1, 0.15) is 17.1 Å². The first-order chi connectivity index (χ1) is 15.8. The topological polar surface area (TPSA) is 77.8 Å². The fourth-order valence-corrected chi connectivity index (χ4v) is 5.04. The Kier molecular flexibility index (Phi) is 8.37. The number of allylic oxidation sites excluding steroid dienone is 3. The van der Waals surface area contributed by atoms with Crippen LogP contribution in [0, 0.1) is 5.92 Å². The van der Waals surface area contributed by atoms with Crippen LogP contribution in [-0.2, 0) is 12.8 Å². The maximum Gasteiger partial charge on any atom is 0.339 e. The minimum absolute atomic E-state index is 0.0289. The summed E-state index contributed by atoms with van der Waals surface area (Å²) in [6.45, 7) is 8.07. The van der Waals surface area contributed by atoms with Crippen molar-refractivity contribution in [2.45, 2.75) is 71.1 Å². The standard InChI is InChI=1S/C29H36O4/c1-19(2)23-16-15-20(3)17-24(23)27-25(30)18-22(26(28(27)31)29(32)33)14-10-5-4-7-11-21-12-8-6-9-13-21/h6,8-9,12-13,17-18,23-24,30-31H,1,4-5,7,10-11,14-16H2,2-3H3,(H,32,33)/t23-,24+/m0/s1. The van der Waals surface area contributed by atoms with Crippen LogP contribution in [-0.4, -0.2) is 21.3 Å². The van der Waals surface area contributed by atoms with E-state index in [0.29, 0.717) is 17.5 Å². The smallest absolute Gasteiger partial charge is 0.339 e. The first-order valence-corrected chi connectivity index (χ1v) is 12.0. The molecule has 1 aliphatic carbocycles.